The number of aromatic nitrogens is 2. The molecule has 0 spiro atoms. The SMILES string of the molecule is c1ccc(-c2nc3ccccn3c2P(c2ccccc2)c2ccccc2)cc1. The van der Waals surface area contributed by atoms with Gasteiger partial charge in [-0.3, -0.25) is 4.40 Å². The highest BCUT2D eigenvalue weighted by Gasteiger charge is 2.25. The van der Waals surface area contributed by atoms with Gasteiger partial charge in [-0.25, -0.2) is 4.98 Å². The van der Waals surface area contributed by atoms with Gasteiger partial charge in [-0.15, -0.1) is 0 Å². The fourth-order valence-corrected chi connectivity index (χ4v) is 6.04. The predicted octanol–water partition coefficient (Wildman–Crippen LogP) is 4.76. The summed E-state index contributed by atoms with van der Waals surface area (Å²) in [7, 11) is -0.753. The van der Waals surface area contributed by atoms with Crippen molar-refractivity contribution in [2.45, 2.75) is 0 Å². The van der Waals surface area contributed by atoms with Gasteiger partial charge in [-0.2, -0.15) is 0 Å². The molecule has 134 valence electrons. The van der Waals surface area contributed by atoms with Gasteiger partial charge in [0.1, 0.15) is 5.65 Å². The fraction of sp³-hybridized carbons (Fsp3) is 0. The number of hydrogen-bond donors (Lipinski definition) is 0. The lowest BCUT2D eigenvalue weighted by Gasteiger charge is -2.20. The van der Waals surface area contributed by atoms with Crippen LogP contribution in [0.25, 0.3) is 16.9 Å². The van der Waals surface area contributed by atoms with Crippen LogP contribution in [0.3, 0.4) is 0 Å². The third-order valence-corrected chi connectivity index (χ3v) is 7.27. The molecule has 0 saturated carbocycles. The first-order valence-electron chi connectivity index (χ1n) is 9.34. The van der Waals surface area contributed by atoms with E-state index in [1.54, 1.807) is 0 Å². The van der Waals surface area contributed by atoms with E-state index in [1.165, 1.54) is 16.0 Å². The molecule has 2 aromatic heterocycles. The van der Waals surface area contributed by atoms with E-state index in [2.05, 4.69) is 114 Å². The Balaban J connectivity index is 1.84. The standard InChI is InChI=1S/C25H19N2P/c1-4-12-20(13-5-1)24-25(27-19-11-10-18-23(27)26-24)28(21-14-6-2-7-15-21)22-16-8-3-9-17-22/h1-19H. The second-order valence-corrected chi connectivity index (χ2v) is 8.71. The van der Waals surface area contributed by atoms with Gasteiger partial charge in [0.05, 0.1) is 11.1 Å². The summed E-state index contributed by atoms with van der Waals surface area (Å²) in [6, 6.07) is 38.3. The predicted molar refractivity (Wildman–Crippen MR) is 119 cm³/mol. The Morgan fingerprint density at radius 3 is 1.71 bits per heavy atom. The first kappa shape index (κ1) is 16.9. The quantitative estimate of drug-likeness (QED) is 0.412. The molecule has 0 saturated heterocycles. The minimum atomic E-state index is -0.753. The average Bonchev–Trinajstić information content (AvgIpc) is 3.16. The molecule has 0 aliphatic heterocycles. The summed E-state index contributed by atoms with van der Waals surface area (Å²) in [5, 5.41) is 2.65. The molecule has 5 rings (SSSR count). The number of fused-ring (bicyclic) bond motifs is 1. The van der Waals surface area contributed by atoms with Crippen LogP contribution in [0.4, 0.5) is 0 Å². The first-order chi connectivity index (χ1) is 13.9. The molecule has 0 bridgehead atoms. The summed E-state index contributed by atoms with van der Waals surface area (Å²) in [4.78, 5) is 5.03. The number of pyridine rings is 1. The first-order valence-corrected chi connectivity index (χ1v) is 10.7. The molecule has 0 aliphatic carbocycles. The minimum Gasteiger partial charge on any atom is -0.299 e. The Labute approximate surface area is 165 Å². The van der Waals surface area contributed by atoms with Gasteiger partial charge in [0.2, 0.25) is 0 Å². The summed E-state index contributed by atoms with van der Waals surface area (Å²) >= 11 is 0. The lowest BCUT2D eigenvalue weighted by Crippen LogP contribution is -2.24. The second kappa shape index (κ2) is 7.42. The molecule has 0 fully saturated rings. The van der Waals surface area contributed by atoms with E-state index in [9.17, 15) is 0 Å². The molecule has 0 N–H and O–H groups in total. The van der Waals surface area contributed by atoms with Crippen LogP contribution in [0, 0.1) is 0 Å². The van der Waals surface area contributed by atoms with Crippen LogP contribution in [-0.2, 0) is 0 Å². The number of nitrogens with zero attached hydrogens (tertiary/aromatic N) is 2. The summed E-state index contributed by atoms with van der Waals surface area (Å²) in [6.07, 6.45) is 2.13. The number of benzene rings is 3. The molecule has 3 aromatic carbocycles. The van der Waals surface area contributed by atoms with Crippen LogP contribution in [0.1, 0.15) is 0 Å². The topological polar surface area (TPSA) is 17.3 Å². The molecule has 0 aliphatic rings. The van der Waals surface area contributed by atoms with Crippen LogP contribution in [0.15, 0.2) is 115 Å². The van der Waals surface area contributed by atoms with E-state index < -0.39 is 7.92 Å². The van der Waals surface area contributed by atoms with Gasteiger partial charge < -0.3 is 0 Å². The molecular formula is C25H19N2P. The number of imidazole rings is 1. The van der Waals surface area contributed by atoms with Gasteiger partial charge in [0.15, 0.2) is 0 Å². The molecular weight excluding hydrogens is 359 g/mol. The van der Waals surface area contributed by atoms with Gasteiger partial charge in [0.25, 0.3) is 0 Å². The zero-order chi connectivity index (χ0) is 18.8. The van der Waals surface area contributed by atoms with Crippen LogP contribution in [-0.4, -0.2) is 9.38 Å². The van der Waals surface area contributed by atoms with Gasteiger partial charge >= 0.3 is 0 Å². The maximum absolute atomic E-state index is 5.03. The van der Waals surface area contributed by atoms with Crippen molar-refractivity contribution < 1.29 is 0 Å². The molecule has 2 nitrogen and oxygen atoms in total. The third kappa shape index (κ3) is 3.02. The molecule has 0 unspecified atom stereocenters. The van der Waals surface area contributed by atoms with Gasteiger partial charge in [-0.05, 0) is 22.7 Å². The Morgan fingerprint density at radius 1 is 0.571 bits per heavy atom. The maximum atomic E-state index is 5.03. The van der Waals surface area contributed by atoms with Crippen LogP contribution >= 0.6 is 7.92 Å². The summed E-state index contributed by atoms with van der Waals surface area (Å²) in [5.41, 5.74) is 4.45. The van der Waals surface area contributed by atoms with Crippen molar-refractivity contribution in [3.05, 3.63) is 115 Å². The third-order valence-electron chi connectivity index (χ3n) is 4.79. The van der Waals surface area contributed by atoms with Crippen LogP contribution < -0.4 is 16.0 Å². The van der Waals surface area contributed by atoms with Crippen molar-refractivity contribution in [2.75, 3.05) is 0 Å². The molecule has 3 heteroatoms. The molecule has 5 aromatic rings. The maximum Gasteiger partial charge on any atom is 0.137 e. The van der Waals surface area contributed by atoms with E-state index in [4.69, 9.17) is 4.98 Å². The summed E-state index contributed by atoms with van der Waals surface area (Å²) < 4.78 is 2.26. The van der Waals surface area contributed by atoms with E-state index in [-0.39, 0.29) is 0 Å². The molecule has 0 radical (unpaired) electrons. The van der Waals surface area contributed by atoms with Gasteiger partial charge in [0, 0.05) is 19.7 Å². The highest BCUT2D eigenvalue weighted by molar-refractivity contribution is 7.79. The van der Waals surface area contributed by atoms with Crippen molar-refractivity contribution in [3.8, 4) is 11.3 Å². The molecule has 0 amide bonds. The zero-order valence-electron chi connectivity index (χ0n) is 15.3. The Bertz CT molecular complexity index is 1160. The van der Waals surface area contributed by atoms with Gasteiger partial charge in [-0.1, -0.05) is 97.1 Å². The number of rotatable bonds is 4. The van der Waals surface area contributed by atoms with Crippen LogP contribution in [0.2, 0.25) is 0 Å². The smallest absolute Gasteiger partial charge is 0.137 e. The van der Waals surface area contributed by atoms with E-state index in [1.807, 2.05) is 6.07 Å². The highest BCUT2D eigenvalue weighted by atomic mass is 31.1. The summed E-state index contributed by atoms with van der Waals surface area (Å²) in [6.45, 7) is 0. The Hall–Kier alpha value is -3.22. The second-order valence-electron chi connectivity index (χ2n) is 6.59. The van der Waals surface area contributed by atoms with Crippen molar-refractivity contribution in [3.63, 3.8) is 0 Å². The average molecular weight is 378 g/mol. The highest BCUT2D eigenvalue weighted by Crippen LogP contribution is 2.37. The van der Waals surface area contributed by atoms with Crippen molar-refractivity contribution in [1.82, 2.24) is 9.38 Å². The Kier molecular flexibility index (Phi) is 4.48. The summed E-state index contributed by atoms with van der Waals surface area (Å²) in [5.74, 6) is 0. The van der Waals surface area contributed by atoms with Crippen molar-refractivity contribution in [1.29, 1.82) is 0 Å². The fourth-order valence-electron chi connectivity index (χ4n) is 3.53. The monoisotopic (exact) mass is 378 g/mol. The molecule has 2 heterocycles. The van der Waals surface area contributed by atoms with E-state index >= 15 is 0 Å². The minimum absolute atomic E-state index is 0.753. The van der Waals surface area contributed by atoms with Crippen molar-refractivity contribution in [2.24, 2.45) is 0 Å². The zero-order valence-corrected chi connectivity index (χ0v) is 16.2. The molecule has 0 atom stereocenters. The number of hydrogen-bond acceptors (Lipinski definition) is 1. The van der Waals surface area contributed by atoms with Crippen LogP contribution in [0.5, 0.6) is 0 Å². The Morgan fingerprint density at radius 2 is 1.11 bits per heavy atom. The lowest BCUT2D eigenvalue weighted by atomic mass is 10.2. The van der Waals surface area contributed by atoms with E-state index in [0.717, 1.165) is 16.9 Å². The normalized spacial score (nSPS) is 11.2. The lowest BCUT2D eigenvalue weighted by molar-refractivity contribution is 1.22. The van der Waals surface area contributed by atoms with E-state index in [0.29, 0.717) is 0 Å². The molecule has 28 heavy (non-hydrogen) atoms. The van der Waals surface area contributed by atoms with Crippen molar-refractivity contribution >= 4 is 29.6 Å². The largest absolute Gasteiger partial charge is 0.299 e.